The van der Waals surface area contributed by atoms with E-state index in [1.807, 2.05) is 4.90 Å². The zero-order chi connectivity index (χ0) is 14.0. The van der Waals surface area contributed by atoms with Crippen molar-refractivity contribution in [1.82, 2.24) is 0 Å². The van der Waals surface area contributed by atoms with Crippen molar-refractivity contribution in [2.45, 2.75) is 23.8 Å². The molecule has 1 saturated heterocycles. The maximum absolute atomic E-state index is 14.0. The van der Waals surface area contributed by atoms with E-state index in [0.717, 1.165) is 12.3 Å². The van der Waals surface area contributed by atoms with Crippen LogP contribution in [0.5, 0.6) is 0 Å². The summed E-state index contributed by atoms with van der Waals surface area (Å²) in [7, 11) is -3.40. The lowest BCUT2D eigenvalue weighted by atomic mass is 10.1. The molecule has 5 nitrogen and oxygen atoms in total. The van der Waals surface area contributed by atoms with E-state index in [1.165, 1.54) is 12.1 Å². The van der Waals surface area contributed by atoms with Crippen molar-refractivity contribution in [3.8, 4) is 0 Å². The van der Waals surface area contributed by atoms with Gasteiger partial charge in [-0.2, -0.15) is 4.91 Å². The minimum atomic E-state index is -3.40. The van der Waals surface area contributed by atoms with E-state index >= 15 is 0 Å². The van der Waals surface area contributed by atoms with Crippen LogP contribution < -0.4 is 4.90 Å². The van der Waals surface area contributed by atoms with Crippen molar-refractivity contribution in [2.24, 2.45) is 5.18 Å². The molecule has 0 amide bonds. The highest BCUT2D eigenvalue weighted by Gasteiger charge is 2.22. The van der Waals surface area contributed by atoms with Gasteiger partial charge in [-0.15, -0.1) is 0 Å². The van der Waals surface area contributed by atoms with Crippen LogP contribution in [0.4, 0.5) is 10.1 Å². The Morgan fingerprint density at radius 1 is 1.32 bits per heavy atom. The van der Waals surface area contributed by atoms with E-state index in [1.54, 1.807) is 0 Å². The lowest BCUT2D eigenvalue weighted by Crippen LogP contribution is -2.35. The van der Waals surface area contributed by atoms with E-state index in [0.29, 0.717) is 31.6 Å². The van der Waals surface area contributed by atoms with Gasteiger partial charge in [-0.1, -0.05) is 5.18 Å². The largest absolute Gasteiger partial charge is 0.369 e. The fraction of sp³-hybridized carbons (Fsp3) is 0.500. The summed E-state index contributed by atoms with van der Waals surface area (Å²) in [5, 5.41) is 2.99. The molecule has 1 aliphatic heterocycles. The monoisotopic (exact) mass is 286 g/mol. The van der Waals surface area contributed by atoms with Gasteiger partial charge in [0, 0.05) is 19.3 Å². The first-order chi connectivity index (χ1) is 8.91. The van der Waals surface area contributed by atoms with E-state index in [-0.39, 0.29) is 10.9 Å². The Labute approximate surface area is 111 Å². The fourth-order valence-corrected chi connectivity index (χ4v) is 2.82. The van der Waals surface area contributed by atoms with Gasteiger partial charge in [-0.25, -0.2) is 12.8 Å². The minimum Gasteiger partial charge on any atom is -0.369 e. The number of nitrogens with zero attached hydrogens (tertiary/aromatic N) is 2. The Hall–Kier alpha value is -1.50. The molecule has 0 bridgehead atoms. The van der Waals surface area contributed by atoms with Crippen LogP contribution in [0.2, 0.25) is 0 Å². The third-order valence-electron chi connectivity index (χ3n) is 3.30. The third kappa shape index (κ3) is 3.09. The maximum atomic E-state index is 14.0. The molecule has 0 radical (unpaired) electrons. The first kappa shape index (κ1) is 13.9. The Balaban J connectivity index is 2.21. The lowest BCUT2D eigenvalue weighted by molar-refractivity contribution is 0.493. The van der Waals surface area contributed by atoms with Crippen LogP contribution in [0.25, 0.3) is 0 Å². The van der Waals surface area contributed by atoms with Gasteiger partial charge >= 0.3 is 0 Å². The molecule has 0 saturated carbocycles. The van der Waals surface area contributed by atoms with Crippen molar-refractivity contribution in [3.05, 3.63) is 28.9 Å². The van der Waals surface area contributed by atoms with Gasteiger partial charge in [0.1, 0.15) is 5.82 Å². The molecule has 2 rings (SSSR count). The molecule has 0 spiro atoms. The summed E-state index contributed by atoms with van der Waals surface area (Å²) in [6, 6.07) is 3.71. The predicted octanol–water partition coefficient (Wildman–Crippen LogP) is 1.96. The Morgan fingerprint density at radius 3 is 2.42 bits per heavy atom. The third-order valence-corrected chi connectivity index (χ3v) is 4.41. The summed E-state index contributed by atoms with van der Waals surface area (Å²) in [6.45, 7) is 1.09. The molecule has 0 N–H and O–H groups in total. The molecule has 0 aromatic heterocycles. The highest BCUT2D eigenvalue weighted by Crippen LogP contribution is 2.26. The number of hydrogen-bond donors (Lipinski definition) is 0. The number of benzene rings is 1. The number of anilines is 1. The number of rotatable bonds is 3. The van der Waals surface area contributed by atoms with Crippen molar-refractivity contribution in [3.63, 3.8) is 0 Å². The van der Waals surface area contributed by atoms with Crippen molar-refractivity contribution >= 4 is 15.5 Å². The molecule has 1 fully saturated rings. The van der Waals surface area contributed by atoms with E-state index < -0.39 is 15.7 Å². The standard InChI is InChI=1S/C12H15FN2O3S/c1-19(17,18)10-2-3-12(11(13)8-10)15-6-4-9(14-16)5-7-15/h2-3,8-9H,4-7H2,1H3. The van der Waals surface area contributed by atoms with Crippen molar-refractivity contribution < 1.29 is 12.8 Å². The number of piperidine rings is 1. The smallest absolute Gasteiger partial charge is 0.175 e. The SMILES string of the molecule is CS(=O)(=O)c1ccc(N2CCC(N=O)CC2)c(F)c1. The average Bonchev–Trinajstić information content (AvgIpc) is 2.38. The summed E-state index contributed by atoms with van der Waals surface area (Å²) in [4.78, 5) is 12.2. The second-order valence-corrected chi connectivity index (χ2v) is 6.72. The molecule has 0 unspecified atom stereocenters. The summed E-state index contributed by atoms with van der Waals surface area (Å²) in [5.41, 5.74) is 0.372. The maximum Gasteiger partial charge on any atom is 0.175 e. The fourth-order valence-electron chi connectivity index (χ4n) is 2.19. The summed E-state index contributed by atoms with van der Waals surface area (Å²) < 4.78 is 36.6. The van der Waals surface area contributed by atoms with Gasteiger partial charge in [0.15, 0.2) is 9.84 Å². The van der Waals surface area contributed by atoms with Gasteiger partial charge in [-0.05, 0) is 31.0 Å². The molecule has 104 valence electrons. The second kappa shape index (κ2) is 5.24. The lowest BCUT2D eigenvalue weighted by Gasteiger charge is -2.31. The summed E-state index contributed by atoms with van der Waals surface area (Å²) in [5.74, 6) is -0.555. The van der Waals surface area contributed by atoms with Gasteiger partial charge in [0.2, 0.25) is 0 Å². The predicted molar refractivity (Wildman–Crippen MR) is 70.5 cm³/mol. The van der Waals surface area contributed by atoms with Gasteiger partial charge in [-0.3, -0.25) is 0 Å². The molecule has 7 heteroatoms. The van der Waals surface area contributed by atoms with E-state index in [2.05, 4.69) is 5.18 Å². The van der Waals surface area contributed by atoms with Gasteiger partial charge in [0.05, 0.1) is 16.6 Å². The number of nitroso groups, excluding NO2 is 1. The number of hydrogen-bond acceptors (Lipinski definition) is 5. The topological polar surface area (TPSA) is 66.8 Å². The number of sulfone groups is 1. The quantitative estimate of drug-likeness (QED) is 0.797. The van der Waals surface area contributed by atoms with Crippen LogP contribution in [0.1, 0.15) is 12.8 Å². The Bertz CT molecular complexity index is 581. The molecule has 1 aromatic rings. The summed E-state index contributed by atoms with van der Waals surface area (Å²) in [6.07, 6.45) is 2.23. The summed E-state index contributed by atoms with van der Waals surface area (Å²) >= 11 is 0. The molecule has 0 atom stereocenters. The zero-order valence-corrected chi connectivity index (χ0v) is 11.4. The first-order valence-electron chi connectivity index (χ1n) is 5.99. The van der Waals surface area contributed by atoms with Crippen molar-refractivity contribution in [2.75, 3.05) is 24.2 Å². The molecular formula is C12H15FN2O3S. The normalized spacial score (nSPS) is 17.5. The van der Waals surface area contributed by atoms with Crippen LogP contribution in [-0.2, 0) is 9.84 Å². The van der Waals surface area contributed by atoms with Crippen LogP contribution >= 0.6 is 0 Å². The van der Waals surface area contributed by atoms with Crippen molar-refractivity contribution in [1.29, 1.82) is 0 Å². The van der Waals surface area contributed by atoms with Gasteiger partial charge in [0.25, 0.3) is 0 Å². The van der Waals surface area contributed by atoms with Crippen LogP contribution in [-0.4, -0.2) is 33.8 Å². The molecule has 19 heavy (non-hydrogen) atoms. The molecule has 0 aliphatic carbocycles. The Morgan fingerprint density at radius 2 is 1.95 bits per heavy atom. The Kier molecular flexibility index (Phi) is 3.84. The highest BCUT2D eigenvalue weighted by molar-refractivity contribution is 7.90. The van der Waals surface area contributed by atoms with E-state index in [4.69, 9.17) is 0 Å². The zero-order valence-electron chi connectivity index (χ0n) is 10.5. The average molecular weight is 286 g/mol. The molecule has 1 heterocycles. The van der Waals surface area contributed by atoms with Crippen LogP contribution in [0.3, 0.4) is 0 Å². The molecular weight excluding hydrogens is 271 g/mol. The second-order valence-electron chi connectivity index (χ2n) is 4.71. The first-order valence-corrected chi connectivity index (χ1v) is 7.88. The molecule has 1 aliphatic rings. The van der Waals surface area contributed by atoms with Crippen LogP contribution in [0, 0.1) is 10.7 Å². The van der Waals surface area contributed by atoms with E-state index in [9.17, 15) is 17.7 Å². The molecule has 1 aromatic carbocycles. The van der Waals surface area contributed by atoms with Gasteiger partial charge < -0.3 is 4.90 Å². The van der Waals surface area contributed by atoms with Crippen LogP contribution in [0.15, 0.2) is 28.3 Å². The minimum absolute atomic E-state index is 0.0294. The highest BCUT2D eigenvalue weighted by atomic mass is 32.2. The number of halogens is 1.